The van der Waals surface area contributed by atoms with E-state index in [2.05, 4.69) is 0 Å². The predicted octanol–water partition coefficient (Wildman–Crippen LogP) is 2.13. The van der Waals surface area contributed by atoms with Gasteiger partial charge in [-0.15, -0.1) is 0 Å². The number of anilines is 1. The largest absolute Gasteiger partial charge is 0.431 e. The topological polar surface area (TPSA) is 46.9 Å². The number of rotatable bonds is 1. The second kappa shape index (κ2) is 5.16. The molecule has 4 nitrogen and oxygen atoms in total. The van der Waals surface area contributed by atoms with E-state index < -0.39 is 24.5 Å². The minimum absolute atomic E-state index is 0.346. The summed E-state index contributed by atoms with van der Waals surface area (Å²) in [6.07, 6.45) is -7.25. The van der Waals surface area contributed by atoms with Gasteiger partial charge in [-0.2, -0.15) is 13.2 Å². The number of nitrogens with zero attached hydrogens (tertiary/aromatic N) is 2. The third-order valence-corrected chi connectivity index (χ3v) is 3.23. The van der Waals surface area contributed by atoms with Crippen LogP contribution in [0.5, 0.6) is 0 Å². The van der Waals surface area contributed by atoms with Crippen molar-refractivity contribution in [3.05, 3.63) is 41.1 Å². The van der Waals surface area contributed by atoms with E-state index in [0.717, 1.165) is 11.9 Å². The quantitative estimate of drug-likeness (QED) is 0.834. The molecule has 20 heavy (non-hydrogen) atoms. The molecule has 8 heteroatoms. The summed E-state index contributed by atoms with van der Waals surface area (Å²) in [5.41, 5.74) is -0.749. The maximum absolute atomic E-state index is 12.8. The van der Waals surface area contributed by atoms with Crippen LogP contribution in [0.1, 0.15) is 0 Å². The van der Waals surface area contributed by atoms with Crippen LogP contribution in [0.25, 0.3) is 0 Å². The van der Waals surface area contributed by atoms with Crippen LogP contribution in [0, 0.1) is 0 Å². The molecule has 110 valence electrons. The molecule has 0 saturated carbocycles. The van der Waals surface area contributed by atoms with Crippen molar-refractivity contribution in [2.45, 2.75) is 18.8 Å². The molecule has 2 atom stereocenters. The Kier molecular flexibility index (Phi) is 3.86. The zero-order valence-corrected chi connectivity index (χ0v) is 11.1. The number of benzene rings is 1. The van der Waals surface area contributed by atoms with E-state index in [1.54, 1.807) is 0 Å². The molecule has 0 saturated heterocycles. The van der Waals surface area contributed by atoms with Crippen LogP contribution in [0.3, 0.4) is 0 Å². The number of hydrogen-bond donors (Lipinski definition) is 2. The lowest BCUT2D eigenvalue weighted by molar-refractivity contribution is -0.133. The fraction of sp³-hybridized carbons (Fsp3) is 0.333. The van der Waals surface area contributed by atoms with Crippen LogP contribution >= 0.6 is 11.6 Å². The van der Waals surface area contributed by atoms with Crippen molar-refractivity contribution in [1.29, 1.82) is 0 Å². The highest BCUT2D eigenvalue weighted by Crippen LogP contribution is 2.35. The number of alkyl halides is 3. The van der Waals surface area contributed by atoms with Crippen LogP contribution < -0.4 is 4.90 Å². The number of hydrogen-bond acceptors (Lipinski definition) is 4. The van der Waals surface area contributed by atoms with Crippen molar-refractivity contribution < 1.29 is 23.4 Å². The van der Waals surface area contributed by atoms with Crippen molar-refractivity contribution in [3.63, 3.8) is 0 Å². The molecule has 1 aromatic carbocycles. The first kappa shape index (κ1) is 15.0. The number of aliphatic hydroxyl groups is 2. The van der Waals surface area contributed by atoms with E-state index >= 15 is 0 Å². The normalized spacial score (nSPS) is 23.9. The Morgan fingerprint density at radius 1 is 1.15 bits per heavy atom. The highest BCUT2D eigenvalue weighted by Gasteiger charge is 2.44. The molecule has 1 heterocycles. The van der Waals surface area contributed by atoms with Crippen molar-refractivity contribution in [1.82, 2.24) is 4.90 Å². The summed E-state index contributed by atoms with van der Waals surface area (Å²) in [7, 11) is 1.10. The molecule has 1 aromatic rings. The van der Waals surface area contributed by atoms with Crippen molar-refractivity contribution in [3.8, 4) is 0 Å². The number of allylic oxidation sites excluding steroid dienone is 1. The molecular weight excluding hydrogens is 297 g/mol. The van der Waals surface area contributed by atoms with Gasteiger partial charge in [-0.05, 0) is 30.3 Å². The monoisotopic (exact) mass is 308 g/mol. The van der Waals surface area contributed by atoms with Gasteiger partial charge in [0, 0.05) is 17.8 Å². The minimum atomic E-state index is -4.65. The van der Waals surface area contributed by atoms with E-state index in [9.17, 15) is 23.4 Å². The summed E-state index contributed by atoms with van der Waals surface area (Å²) >= 11 is 5.72. The molecule has 0 aromatic heterocycles. The van der Waals surface area contributed by atoms with Gasteiger partial charge in [0.2, 0.25) is 6.35 Å². The van der Waals surface area contributed by atoms with E-state index in [1.165, 1.54) is 24.3 Å². The lowest BCUT2D eigenvalue weighted by atomic mass is 10.2. The van der Waals surface area contributed by atoms with Gasteiger partial charge in [-0.25, -0.2) is 0 Å². The van der Waals surface area contributed by atoms with Crippen LogP contribution in [-0.4, -0.2) is 40.9 Å². The second-order valence-electron chi connectivity index (χ2n) is 4.30. The highest BCUT2D eigenvalue weighted by atomic mass is 35.5. The molecule has 0 bridgehead atoms. The molecular formula is C12H12ClF3N2O2. The number of aliphatic hydroxyl groups excluding tert-OH is 2. The van der Waals surface area contributed by atoms with Gasteiger partial charge in [0.15, 0.2) is 6.23 Å². The summed E-state index contributed by atoms with van der Waals surface area (Å²) in [6.45, 7) is 0. The lowest BCUT2D eigenvalue weighted by Gasteiger charge is -2.43. The van der Waals surface area contributed by atoms with Gasteiger partial charge >= 0.3 is 6.18 Å². The average Bonchev–Trinajstić information content (AvgIpc) is 2.35. The van der Waals surface area contributed by atoms with Crippen LogP contribution in [0.2, 0.25) is 5.02 Å². The van der Waals surface area contributed by atoms with Crippen LogP contribution in [0.4, 0.5) is 18.9 Å². The zero-order chi connectivity index (χ0) is 15.1. The lowest BCUT2D eigenvalue weighted by Crippen LogP contribution is -2.56. The molecule has 0 aliphatic carbocycles. The van der Waals surface area contributed by atoms with Crippen LogP contribution in [0.15, 0.2) is 36.0 Å². The standard InChI is InChI=1S/C12H12ClF3N2O2/c1-17-9(12(14,15)16)6-10(19)18(11(17)20)8-4-2-7(13)3-5-8/h2-6,10-11,19-20H,1H3. The molecule has 0 amide bonds. The predicted molar refractivity (Wildman–Crippen MR) is 67.8 cm³/mol. The zero-order valence-electron chi connectivity index (χ0n) is 10.3. The first-order chi connectivity index (χ1) is 9.21. The van der Waals surface area contributed by atoms with Gasteiger partial charge in [0.25, 0.3) is 0 Å². The highest BCUT2D eigenvalue weighted by molar-refractivity contribution is 6.30. The van der Waals surface area contributed by atoms with Gasteiger partial charge in [0.05, 0.1) is 0 Å². The maximum atomic E-state index is 12.8. The van der Waals surface area contributed by atoms with E-state index in [-0.39, 0.29) is 0 Å². The second-order valence-corrected chi connectivity index (χ2v) is 4.74. The maximum Gasteiger partial charge on any atom is 0.431 e. The Labute approximate surface area is 118 Å². The summed E-state index contributed by atoms with van der Waals surface area (Å²) in [6, 6.07) is 6.02. The SMILES string of the molecule is CN1C(C(F)(F)F)=CC(O)N(c2ccc(Cl)cc2)C1O. The Morgan fingerprint density at radius 2 is 1.70 bits per heavy atom. The molecule has 0 fully saturated rings. The van der Waals surface area contributed by atoms with Gasteiger partial charge in [-0.3, -0.25) is 4.90 Å². The van der Waals surface area contributed by atoms with Crippen LogP contribution in [-0.2, 0) is 0 Å². The minimum Gasteiger partial charge on any atom is -0.370 e. The fourth-order valence-electron chi connectivity index (χ4n) is 1.98. The van der Waals surface area contributed by atoms with Crippen molar-refractivity contribution >= 4 is 17.3 Å². The van der Waals surface area contributed by atoms with Gasteiger partial charge < -0.3 is 15.1 Å². The molecule has 1 aliphatic heterocycles. The first-order valence-corrected chi connectivity index (χ1v) is 6.01. The first-order valence-electron chi connectivity index (χ1n) is 5.63. The molecule has 2 N–H and O–H groups in total. The Morgan fingerprint density at radius 3 is 2.20 bits per heavy atom. The summed E-state index contributed by atoms with van der Waals surface area (Å²) < 4.78 is 38.3. The Hall–Kier alpha value is -1.44. The third kappa shape index (κ3) is 2.70. The van der Waals surface area contributed by atoms with E-state index in [4.69, 9.17) is 11.6 Å². The van der Waals surface area contributed by atoms with Gasteiger partial charge in [-0.1, -0.05) is 11.6 Å². The van der Waals surface area contributed by atoms with Crippen molar-refractivity contribution in [2.75, 3.05) is 11.9 Å². The van der Waals surface area contributed by atoms with E-state index in [1.807, 2.05) is 0 Å². The number of halogens is 4. The fourth-order valence-corrected chi connectivity index (χ4v) is 2.11. The molecule has 1 aliphatic rings. The molecule has 2 rings (SSSR count). The Balaban J connectivity index is 2.38. The molecule has 0 radical (unpaired) electrons. The summed E-state index contributed by atoms with van der Waals surface area (Å²) in [5.74, 6) is 0. The van der Waals surface area contributed by atoms with Crippen molar-refractivity contribution in [2.24, 2.45) is 0 Å². The smallest absolute Gasteiger partial charge is 0.370 e. The summed E-state index contributed by atoms with van der Waals surface area (Å²) in [4.78, 5) is 1.67. The average molecular weight is 309 g/mol. The summed E-state index contributed by atoms with van der Waals surface area (Å²) in [5, 5.41) is 20.3. The van der Waals surface area contributed by atoms with E-state index in [0.29, 0.717) is 21.7 Å². The molecule has 2 unspecified atom stereocenters. The van der Waals surface area contributed by atoms with Gasteiger partial charge in [0.1, 0.15) is 5.70 Å². The third-order valence-electron chi connectivity index (χ3n) is 2.98. The Bertz CT molecular complexity index is 518. The molecule has 0 spiro atoms.